The van der Waals surface area contributed by atoms with Gasteiger partial charge in [-0.25, -0.2) is 9.78 Å². The van der Waals surface area contributed by atoms with Crippen molar-refractivity contribution in [2.45, 2.75) is 51.4 Å². The van der Waals surface area contributed by atoms with E-state index < -0.39 is 17.6 Å². The van der Waals surface area contributed by atoms with Crippen LogP contribution in [0.1, 0.15) is 49.5 Å². The summed E-state index contributed by atoms with van der Waals surface area (Å²) < 4.78 is 41.1. The van der Waals surface area contributed by atoms with Crippen molar-refractivity contribution in [3.8, 4) is 0 Å². The van der Waals surface area contributed by atoms with Crippen molar-refractivity contribution in [3.63, 3.8) is 0 Å². The van der Waals surface area contributed by atoms with Gasteiger partial charge in [-0.2, -0.15) is 13.2 Å². The molecule has 3 heterocycles. The molecule has 11 heteroatoms. The van der Waals surface area contributed by atoms with Crippen LogP contribution in [0.2, 0.25) is 0 Å². The van der Waals surface area contributed by atoms with Gasteiger partial charge in [0.05, 0.1) is 21.3 Å². The molecular weight excluding hydrogens is 431 g/mol. The van der Waals surface area contributed by atoms with E-state index in [1.165, 1.54) is 12.4 Å². The van der Waals surface area contributed by atoms with Gasteiger partial charge in [-0.05, 0) is 39.7 Å². The van der Waals surface area contributed by atoms with E-state index >= 15 is 0 Å². The number of nitrogens with zero attached hydrogens (tertiary/aromatic N) is 2. The molecule has 3 N–H and O–H groups in total. The molecule has 1 aliphatic rings. The summed E-state index contributed by atoms with van der Waals surface area (Å²) in [5.41, 5.74) is -0.970. The summed E-state index contributed by atoms with van der Waals surface area (Å²) in [6, 6.07) is 0.706. The quantitative estimate of drug-likeness (QED) is 0.656. The zero-order valence-electron chi connectivity index (χ0n) is 17.8. The summed E-state index contributed by atoms with van der Waals surface area (Å²) in [4.78, 5) is 30.3. The number of anilines is 1. The number of piperidine rings is 1. The number of nitrogens with one attached hydrogen (secondary N) is 3. The van der Waals surface area contributed by atoms with Gasteiger partial charge in [-0.15, -0.1) is 11.3 Å². The number of pyridine rings is 1. The molecule has 1 saturated heterocycles. The van der Waals surface area contributed by atoms with E-state index in [1.54, 1.807) is 4.90 Å². The minimum Gasteiger partial charge on any atom is -0.356 e. The molecule has 31 heavy (non-hydrogen) atoms. The van der Waals surface area contributed by atoms with Crippen LogP contribution in [-0.4, -0.2) is 48.6 Å². The van der Waals surface area contributed by atoms with Crippen molar-refractivity contribution in [2.24, 2.45) is 0 Å². The van der Waals surface area contributed by atoms with Crippen LogP contribution in [0.15, 0.2) is 11.4 Å². The Morgan fingerprint density at radius 2 is 1.84 bits per heavy atom. The number of aromatic nitrogens is 1. The first-order chi connectivity index (χ1) is 14.4. The van der Waals surface area contributed by atoms with Crippen molar-refractivity contribution >= 4 is 39.3 Å². The first kappa shape index (κ1) is 23.1. The summed E-state index contributed by atoms with van der Waals surface area (Å²) in [5, 5.41) is 9.59. The van der Waals surface area contributed by atoms with E-state index in [1.807, 2.05) is 20.8 Å². The Labute approximate surface area is 182 Å². The topological polar surface area (TPSA) is 86.4 Å². The Balaban J connectivity index is 1.82. The number of hydrogen-bond acceptors (Lipinski definition) is 5. The molecule has 0 atom stereocenters. The molecule has 0 unspecified atom stereocenters. The van der Waals surface area contributed by atoms with Gasteiger partial charge >= 0.3 is 12.2 Å². The molecule has 0 spiro atoms. The molecule has 170 valence electrons. The third-order valence-corrected chi connectivity index (χ3v) is 5.93. The minimum absolute atomic E-state index is 0.0507. The average molecular weight is 458 g/mol. The monoisotopic (exact) mass is 457 g/mol. The predicted molar refractivity (Wildman–Crippen MR) is 115 cm³/mol. The second kappa shape index (κ2) is 8.52. The molecule has 0 bridgehead atoms. The van der Waals surface area contributed by atoms with Crippen molar-refractivity contribution < 1.29 is 22.8 Å². The van der Waals surface area contributed by atoms with Crippen LogP contribution in [-0.2, 0) is 6.18 Å². The predicted octanol–water partition coefficient (Wildman–Crippen LogP) is 3.74. The highest BCUT2D eigenvalue weighted by Crippen LogP contribution is 2.40. The number of hydrogen-bond donors (Lipinski definition) is 3. The number of fused-ring (bicyclic) bond motifs is 1. The van der Waals surface area contributed by atoms with Crippen LogP contribution in [0.25, 0.3) is 10.2 Å². The molecule has 0 aromatic carbocycles. The van der Waals surface area contributed by atoms with Crippen LogP contribution in [0.4, 0.5) is 23.8 Å². The van der Waals surface area contributed by atoms with Crippen molar-refractivity contribution in [1.82, 2.24) is 20.9 Å². The second-order valence-corrected chi connectivity index (χ2v) is 9.42. The molecule has 3 rings (SSSR count). The van der Waals surface area contributed by atoms with Gasteiger partial charge in [0.1, 0.15) is 5.82 Å². The fourth-order valence-electron chi connectivity index (χ4n) is 3.48. The first-order valence-electron chi connectivity index (χ1n) is 9.94. The lowest BCUT2D eigenvalue weighted by Crippen LogP contribution is -2.52. The molecule has 3 amide bonds. The van der Waals surface area contributed by atoms with Crippen LogP contribution >= 0.6 is 11.3 Å². The van der Waals surface area contributed by atoms with Crippen LogP contribution in [0.5, 0.6) is 0 Å². The molecule has 7 nitrogen and oxygen atoms in total. The van der Waals surface area contributed by atoms with Gasteiger partial charge in [0.2, 0.25) is 0 Å². The Morgan fingerprint density at radius 3 is 2.39 bits per heavy atom. The summed E-state index contributed by atoms with van der Waals surface area (Å²) in [5.74, 6) is -0.294. The molecule has 2 aromatic heterocycles. The van der Waals surface area contributed by atoms with Gasteiger partial charge in [0.25, 0.3) is 5.91 Å². The third-order valence-electron chi connectivity index (χ3n) is 4.93. The highest BCUT2D eigenvalue weighted by molar-refractivity contribution is 7.17. The lowest BCUT2D eigenvalue weighted by atomic mass is 10.0. The number of alkyl halides is 3. The Kier molecular flexibility index (Phi) is 6.35. The van der Waals surface area contributed by atoms with Crippen LogP contribution in [0.3, 0.4) is 0 Å². The third kappa shape index (κ3) is 5.38. The van der Waals surface area contributed by atoms with E-state index in [4.69, 9.17) is 0 Å². The maximum absolute atomic E-state index is 13.7. The molecule has 1 aliphatic heterocycles. The first-order valence-corrected chi connectivity index (χ1v) is 10.8. The average Bonchev–Trinajstić information content (AvgIpc) is 3.08. The van der Waals surface area contributed by atoms with Gasteiger partial charge in [-0.1, -0.05) is 0 Å². The summed E-state index contributed by atoms with van der Waals surface area (Å²) >= 11 is 0.862. The maximum atomic E-state index is 13.7. The van der Waals surface area contributed by atoms with Crippen molar-refractivity contribution in [1.29, 1.82) is 0 Å². The minimum atomic E-state index is -4.56. The highest BCUT2D eigenvalue weighted by Gasteiger charge is 2.36. The molecular formula is C20H26F3N5O2S. The molecule has 0 saturated carbocycles. The van der Waals surface area contributed by atoms with Crippen LogP contribution < -0.4 is 20.9 Å². The number of halogens is 3. The number of carbonyl (C=O) groups is 2. The Morgan fingerprint density at radius 1 is 1.19 bits per heavy atom. The Hall–Kier alpha value is -2.56. The van der Waals surface area contributed by atoms with E-state index in [2.05, 4.69) is 20.9 Å². The van der Waals surface area contributed by atoms with Gasteiger partial charge in [-0.3, -0.25) is 4.79 Å². The standard InChI is InChI=1S/C20H26F3N5O2S/c1-19(2,3)27-18(30)25-11-5-7-28(8-6-11)14-9-13(20(21,22)23)16-15(26-14)12(10-31-16)17(29)24-4/h9-11H,5-8H2,1-4H3,(H,24,29)(H2,25,27,30). The smallest absolute Gasteiger partial charge is 0.356 e. The fraction of sp³-hybridized carbons (Fsp3) is 0.550. The number of urea groups is 1. The van der Waals surface area contributed by atoms with Crippen LogP contribution in [0, 0.1) is 0 Å². The molecule has 0 aliphatic carbocycles. The number of thiophene rings is 1. The van der Waals surface area contributed by atoms with Gasteiger partial charge in [0.15, 0.2) is 0 Å². The van der Waals surface area contributed by atoms with Crippen molar-refractivity contribution in [3.05, 3.63) is 22.6 Å². The summed E-state index contributed by atoms with van der Waals surface area (Å²) in [6.07, 6.45) is -3.42. The maximum Gasteiger partial charge on any atom is 0.417 e. The van der Waals surface area contributed by atoms with Gasteiger partial charge < -0.3 is 20.9 Å². The van der Waals surface area contributed by atoms with E-state index in [9.17, 15) is 22.8 Å². The zero-order chi connectivity index (χ0) is 23.0. The Bertz CT molecular complexity index is 976. The fourth-order valence-corrected chi connectivity index (χ4v) is 4.50. The number of rotatable bonds is 3. The molecule has 2 aromatic rings. The molecule has 0 radical (unpaired) electrons. The van der Waals surface area contributed by atoms with E-state index in [0.29, 0.717) is 25.9 Å². The lowest BCUT2D eigenvalue weighted by Gasteiger charge is -2.34. The van der Waals surface area contributed by atoms with Gasteiger partial charge in [0, 0.05) is 37.1 Å². The second-order valence-electron chi connectivity index (χ2n) is 8.54. The SMILES string of the molecule is CNC(=O)c1csc2c(C(F)(F)F)cc(N3CCC(NC(=O)NC(C)(C)C)CC3)nc12. The lowest BCUT2D eigenvalue weighted by molar-refractivity contribution is -0.136. The summed E-state index contributed by atoms with van der Waals surface area (Å²) in [7, 11) is 1.42. The largest absolute Gasteiger partial charge is 0.417 e. The zero-order valence-corrected chi connectivity index (χ0v) is 18.6. The van der Waals surface area contributed by atoms with E-state index in [0.717, 1.165) is 17.4 Å². The summed E-state index contributed by atoms with van der Waals surface area (Å²) in [6.45, 7) is 6.53. The van der Waals surface area contributed by atoms with E-state index in [-0.39, 0.29) is 39.2 Å². The number of carbonyl (C=O) groups excluding carboxylic acids is 2. The van der Waals surface area contributed by atoms with Crippen molar-refractivity contribution in [2.75, 3.05) is 25.0 Å². The number of amides is 3. The highest BCUT2D eigenvalue weighted by atomic mass is 32.1. The molecule has 1 fully saturated rings. The normalized spacial score (nSPS) is 15.8.